The van der Waals surface area contributed by atoms with Gasteiger partial charge in [-0.2, -0.15) is 11.8 Å². The molecule has 0 bridgehead atoms. The summed E-state index contributed by atoms with van der Waals surface area (Å²) in [5, 5.41) is 11.6. The molecule has 5 heteroatoms. The van der Waals surface area contributed by atoms with E-state index in [1.165, 1.54) is 6.92 Å². The molecule has 0 aromatic rings. The van der Waals surface area contributed by atoms with E-state index in [1.807, 2.05) is 6.26 Å². The standard InChI is InChI=1S/C9H17NO3S/c1-6(14-3)4-5-10-8(11)7(2)9(12)13/h6-7H,4-5H2,1-3H3,(H,10,11)(H,12,13). The smallest absolute Gasteiger partial charge is 0.315 e. The summed E-state index contributed by atoms with van der Waals surface area (Å²) in [4.78, 5) is 21.6. The van der Waals surface area contributed by atoms with Crippen molar-refractivity contribution in [3.8, 4) is 0 Å². The molecule has 82 valence electrons. The second-order valence-corrected chi connectivity index (χ2v) is 4.46. The van der Waals surface area contributed by atoms with E-state index in [0.29, 0.717) is 11.8 Å². The van der Waals surface area contributed by atoms with Crippen molar-refractivity contribution in [2.24, 2.45) is 5.92 Å². The molecule has 0 aliphatic rings. The van der Waals surface area contributed by atoms with Gasteiger partial charge < -0.3 is 10.4 Å². The van der Waals surface area contributed by atoms with Crippen molar-refractivity contribution in [2.75, 3.05) is 12.8 Å². The molecule has 0 radical (unpaired) electrons. The summed E-state index contributed by atoms with van der Waals surface area (Å²) >= 11 is 1.72. The zero-order valence-electron chi connectivity index (χ0n) is 8.74. The number of aliphatic carboxylic acids is 1. The number of thioether (sulfide) groups is 1. The van der Waals surface area contributed by atoms with Gasteiger partial charge in [-0.05, 0) is 19.6 Å². The van der Waals surface area contributed by atoms with Crippen molar-refractivity contribution in [3.63, 3.8) is 0 Å². The largest absolute Gasteiger partial charge is 0.481 e. The van der Waals surface area contributed by atoms with Crippen molar-refractivity contribution in [2.45, 2.75) is 25.5 Å². The zero-order chi connectivity index (χ0) is 11.1. The molecule has 2 N–H and O–H groups in total. The molecule has 0 aromatic heterocycles. The van der Waals surface area contributed by atoms with Crippen LogP contribution in [0.3, 0.4) is 0 Å². The van der Waals surface area contributed by atoms with Crippen LogP contribution in [0.5, 0.6) is 0 Å². The Labute approximate surface area is 88.4 Å². The van der Waals surface area contributed by atoms with E-state index >= 15 is 0 Å². The first-order chi connectivity index (χ1) is 6.49. The van der Waals surface area contributed by atoms with E-state index in [-0.39, 0.29) is 0 Å². The van der Waals surface area contributed by atoms with E-state index in [0.717, 1.165) is 6.42 Å². The van der Waals surface area contributed by atoms with Gasteiger partial charge in [-0.3, -0.25) is 9.59 Å². The highest BCUT2D eigenvalue weighted by Gasteiger charge is 2.19. The molecule has 0 rings (SSSR count). The monoisotopic (exact) mass is 219 g/mol. The summed E-state index contributed by atoms with van der Waals surface area (Å²) in [5.41, 5.74) is 0. The van der Waals surface area contributed by atoms with Gasteiger partial charge >= 0.3 is 5.97 Å². The van der Waals surface area contributed by atoms with Gasteiger partial charge in [0, 0.05) is 11.8 Å². The average molecular weight is 219 g/mol. The van der Waals surface area contributed by atoms with E-state index in [2.05, 4.69) is 12.2 Å². The van der Waals surface area contributed by atoms with Gasteiger partial charge in [0.2, 0.25) is 5.91 Å². The van der Waals surface area contributed by atoms with Crippen LogP contribution in [0, 0.1) is 5.92 Å². The van der Waals surface area contributed by atoms with Crippen molar-refractivity contribution >= 4 is 23.6 Å². The highest BCUT2D eigenvalue weighted by Crippen LogP contribution is 2.08. The van der Waals surface area contributed by atoms with E-state index in [9.17, 15) is 9.59 Å². The lowest BCUT2D eigenvalue weighted by Crippen LogP contribution is -2.34. The molecule has 14 heavy (non-hydrogen) atoms. The topological polar surface area (TPSA) is 66.4 Å². The fourth-order valence-electron chi connectivity index (χ4n) is 0.782. The first kappa shape index (κ1) is 13.3. The second kappa shape index (κ2) is 6.70. The molecule has 4 nitrogen and oxygen atoms in total. The molecule has 0 aromatic carbocycles. The van der Waals surface area contributed by atoms with Crippen LogP contribution in [0.25, 0.3) is 0 Å². The van der Waals surface area contributed by atoms with Crippen LogP contribution in [-0.2, 0) is 9.59 Å². The first-order valence-electron chi connectivity index (χ1n) is 4.52. The minimum atomic E-state index is -1.08. The Balaban J connectivity index is 3.69. The van der Waals surface area contributed by atoms with E-state index in [1.54, 1.807) is 11.8 Å². The Morgan fingerprint density at radius 2 is 2.00 bits per heavy atom. The average Bonchev–Trinajstić information content (AvgIpc) is 2.15. The Kier molecular flexibility index (Phi) is 6.36. The summed E-state index contributed by atoms with van der Waals surface area (Å²) in [6.45, 7) is 3.99. The number of nitrogens with one attached hydrogen (secondary N) is 1. The van der Waals surface area contributed by atoms with Crippen LogP contribution in [0.4, 0.5) is 0 Å². The number of carboxylic acid groups (broad SMARTS) is 1. The maximum Gasteiger partial charge on any atom is 0.315 e. The minimum Gasteiger partial charge on any atom is -0.481 e. The van der Waals surface area contributed by atoms with Crippen molar-refractivity contribution in [1.82, 2.24) is 5.32 Å². The zero-order valence-corrected chi connectivity index (χ0v) is 9.56. The van der Waals surface area contributed by atoms with Crippen LogP contribution in [0.15, 0.2) is 0 Å². The van der Waals surface area contributed by atoms with Crippen LogP contribution >= 0.6 is 11.8 Å². The lowest BCUT2D eigenvalue weighted by molar-refractivity contribution is -0.146. The lowest BCUT2D eigenvalue weighted by Gasteiger charge is -2.10. The van der Waals surface area contributed by atoms with Crippen molar-refractivity contribution < 1.29 is 14.7 Å². The second-order valence-electron chi connectivity index (χ2n) is 3.19. The van der Waals surface area contributed by atoms with Crippen molar-refractivity contribution in [3.05, 3.63) is 0 Å². The summed E-state index contributed by atoms with van der Waals surface area (Å²) in [7, 11) is 0. The summed E-state index contributed by atoms with van der Waals surface area (Å²) in [6.07, 6.45) is 2.87. The molecular formula is C9H17NO3S. The Bertz CT molecular complexity index is 208. The predicted molar refractivity (Wildman–Crippen MR) is 57.4 cm³/mol. The van der Waals surface area contributed by atoms with Gasteiger partial charge in [-0.15, -0.1) is 0 Å². The molecule has 0 spiro atoms. The molecule has 1 amide bonds. The van der Waals surface area contributed by atoms with Crippen LogP contribution in [0.2, 0.25) is 0 Å². The summed E-state index contributed by atoms with van der Waals surface area (Å²) in [5.74, 6) is -2.45. The number of carboxylic acids is 1. The van der Waals surface area contributed by atoms with Crippen LogP contribution in [0.1, 0.15) is 20.3 Å². The third-order valence-electron chi connectivity index (χ3n) is 2.02. The third-order valence-corrected chi connectivity index (χ3v) is 3.06. The molecule has 2 atom stereocenters. The van der Waals surface area contributed by atoms with E-state index in [4.69, 9.17) is 5.11 Å². The molecule has 0 aliphatic carbocycles. The normalized spacial score (nSPS) is 14.5. The maximum absolute atomic E-state index is 11.2. The van der Waals surface area contributed by atoms with Gasteiger partial charge in [0.1, 0.15) is 5.92 Å². The quantitative estimate of drug-likeness (QED) is 0.653. The van der Waals surface area contributed by atoms with Gasteiger partial charge in [0.05, 0.1) is 0 Å². The summed E-state index contributed by atoms with van der Waals surface area (Å²) < 4.78 is 0. The Morgan fingerprint density at radius 1 is 1.43 bits per heavy atom. The van der Waals surface area contributed by atoms with Crippen LogP contribution < -0.4 is 5.32 Å². The van der Waals surface area contributed by atoms with Gasteiger partial charge in [-0.1, -0.05) is 6.92 Å². The SMILES string of the molecule is CSC(C)CCNC(=O)C(C)C(=O)O. The first-order valence-corrected chi connectivity index (χ1v) is 5.81. The number of rotatable bonds is 6. The molecule has 2 unspecified atom stereocenters. The van der Waals surface area contributed by atoms with E-state index < -0.39 is 17.8 Å². The Hall–Kier alpha value is -0.710. The molecule has 0 saturated carbocycles. The molecule has 0 aliphatic heterocycles. The molecule has 0 saturated heterocycles. The third kappa shape index (κ3) is 5.11. The molecular weight excluding hydrogens is 202 g/mol. The predicted octanol–water partition coefficient (Wildman–Crippen LogP) is 0.965. The minimum absolute atomic E-state index is 0.411. The van der Waals surface area contributed by atoms with Gasteiger partial charge in [0.25, 0.3) is 0 Å². The van der Waals surface area contributed by atoms with Crippen molar-refractivity contribution in [1.29, 1.82) is 0 Å². The summed E-state index contributed by atoms with van der Waals surface area (Å²) in [6, 6.07) is 0. The van der Waals surface area contributed by atoms with Gasteiger partial charge in [0.15, 0.2) is 0 Å². The Morgan fingerprint density at radius 3 is 2.43 bits per heavy atom. The maximum atomic E-state index is 11.2. The number of carbonyl (C=O) groups excluding carboxylic acids is 1. The molecule has 0 fully saturated rings. The highest BCUT2D eigenvalue weighted by atomic mass is 32.2. The highest BCUT2D eigenvalue weighted by molar-refractivity contribution is 7.99. The number of amides is 1. The fourth-order valence-corrected chi connectivity index (χ4v) is 1.14. The van der Waals surface area contributed by atoms with Gasteiger partial charge in [-0.25, -0.2) is 0 Å². The molecule has 0 heterocycles. The van der Waals surface area contributed by atoms with Crippen LogP contribution in [-0.4, -0.2) is 35.0 Å². The fraction of sp³-hybridized carbons (Fsp3) is 0.778. The lowest BCUT2D eigenvalue weighted by atomic mass is 10.1. The number of carbonyl (C=O) groups is 2. The number of hydrogen-bond donors (Lipinski definition) is 2. The number of hydrogen-bond acceptors (Lipinski definition) is 3.